The van der Waals surface area contributed by atoms with Gasteiger partial charge in [-0.1, -0.05) is 18.2 Å². The van der Waals surface area contributed by atoms with Gasteiger partial charge in [0.05, 0.1) is 7.11 Å². The highest BCUT2D eigenvalue weighted by atomic mass is 16.5. The molecule has 2 aromatic rings. The fourth-order valence-corrected chi connectivity index (χ4v) is 3.46. The molecule has 1 N–H and O–H groups in total. The molecule has 0 bridgehead atoms. The van der Waals surface area contributed by atoms with Crippen LogP contribution < -0.4 is 19.7 Å². The first-order valence-electron chi connectivity index (χ1n) is 9.46. The predicted molar refractivity (Wildman–Crippen MR) is 113 cm³/mol. The molecule has 0 aromatic heterocycles. The number of rotatable bonds is 7. The van der Waals surface area contributed by atoms with E-state index in [1.165, 1.54) is 0 Å². The molecule has 3 rings (SSSR count). The van der Waals surface area contributed by atoms with Crippen LogP contribution in [0.25, 0.3) is 0 Å². The fourth-order valence-electron chi connectivity index (χ4n) is 3.46. The fraction of sp³-hybridized carbons (Fsp3) is 0.409. The Kier molecular flexibility index (Phi) is 6.09. The van der Waals surface area contributed by atoms with E-state index in [4.69, 9.17) is 9.47 Å². The first-order chi connectivity index (χ1) is 13.4. The number of nitrogens with one attached hydrogen (secondary N) is 1. The second-order valence-electron chi connectivity index (χ2n) is 7.50. The Morgan fingerprint density at radius 1 is 1.11 bits per heavy atom. The van der Waals surface area contributed by atoms with E-state index >= 15 is 0 Å². The van der Waals surface area contributed by atoms with Crippen LogP contribution in [-0.2, 0) is 4.79 Å². The lowest BCUT2D eigenvalue weighted by Crippen LogP contribution is -2.25. The highest BCUT2D eigenvalue weighted by Gasteiger charge is 2.30. The summed E-state index contributed by atoms with van der Waals surface area (Å²) >= 11 is 0. The van der Waals surface area contributed by atoms with E-state index in [1.54, 1.807) is 7.11 Å². The standard InChI is InChI=1S/C22H29N3O3/c1-24(2)11-12-28-22-17(7-6-8-20(22)27-5)18-14-21(26)23-19-13-15(25(3)4)9-10-16(18)19/h6-10,13,18H,11-12,14H2,1-5H3,(H,23,26). The molecular weight excluding hydrogens is 354 g/mol. The summed E-state index contributed by atoms with van der Waals surface area (Å²) in [6, 6.07) is 12.1. The Hall–Kier alpha value is -2.73. The van der Waals surface area contributed by atoms with Crippen molar-refractivity contribution in [2.45, 2.75) is 12.3 Å². The Morgan fingerprint density at radius 3 is 2.57 bits per heavy atom. The lowest BCUT2D eigenvalue weighted by molar-refractivity contribution is -0.116. The first kappa shape index (κ1) is 20.0. The van der Waals surface area contributed by atoms with Crippen molar-refractivity contribution in [1.82, 2.24) is 4.90 Å². The molecular formula is C22H29N3O3. The molecule has 150 valence electrons. The number of benzene rings is 2. The van der Waals surface area contributed by atoms with E-state index in [9.17, 15) is 4.79 Å². The van der Waals surface area contributed by atoms with Crippen LogP contribution in [-0.4, -0.2) is 59.3 Å². The maximum absolute atomic E-state index is 12.5. The van der Waals surface area contributed by atoms with Crippen LogP contribution in [0.3, 0.4) is 0 Å². The van der Waals surface area contributed by atoms with Gasteiger partial charge in [0, 0.05) is 49.9 Å². The maximum atomic E-state index is 12.5. The van der Waals surface area contributed by atoms with Gasteiger partial charge in [-0.3, -0.25) is 4.79 Å². The van der Waals surface area contributed by atoms with Gasteiger partial charge in [-0.2, -0.15) is 0 Å². The van der Waals surface area contributed by atoms with Crippen LogP contribution in [0.15, 0.2) is 36.4 Å². The predicted octanol–water partition coefficient (Wildman–Crippen LogP) is 3.18. The number of fused-ring (bicyclic) bond motifs is 1. The smallest absolute Gasteiger partial charge is 0.225 e. The number of likely N-dealkylation sites (N-methyl/N-ethyl adjacent to an activating group) is 1. The molecule has 0 fully saturated rings. The molecule has 6 heteroatoms. The number of anilines is 2. The second-order valence-corrected chi connectivity index (χ2v) is 7.50. The SMILES string of the molecule is COc1cccc(C2CC(=O)Nc3cc(N(C)C)ccc32)c1OCCN(C)C. The summed E-state index contributed by atoms with van der Waals surface area (Å²) in [5.41, 5.74) is 3.98. The van der Waals surface area contributed by atoms with Crippen LogP contribution in [0.1, 0.15) is 23.5 Å². The molecule has 1 aliphatic heterocycles. The molecule has 6 nitrogen and oxygen atoms in total. The van der Waals surface area contributed by atoms with Crippen LogP contribution in [0, 0.1) is 0 Å². The summed E-state index contributed by atoms with van der Waals surface area (Å²) < 4.78 is 11.7. The molecule has 0 spiro atoms. The van der Waals surface area contributed by atoms with Crippen LogP contribution >= 0.6 is 0 Å². The van der Waals surface area contributed by atoms with E-state index in [2.05, 4.69) is 22.3 Å². The van der Waals surface area contributed by atoms with Crippen molar-refractivity contribution in [2.24, 2.45) is 0 Å². The van der Waals surface area contributed by atoms with Crippen molar-refractivity contribution in [3.63, 3.8) is 0 Å². The summed E-state index contributed by atoms with van der Waals surface area (Å²) in [7, 11) is 9.64. The highest BCUT2D eigenvalue weighted by molar-refractivity contribution is 5.96. The third kappa shape index (κ3) is 4.22. The van der Waals surface area contributed by atoms with E-state index < -0.39 is 0 Å². The number of carbonyl (C=O) groups is 1. The Balaban J connectivity index is 2.02. The lowest BCUT2D eigenvalue weighted by atomic mass is 9.84. The minimum Gasteiger partial charge on any atom is -0.493 e. The zero-order valence-electron chi connectivity index (χ0n) is 17.3. The van der Waals surface area contributed by atoms with Gasteiger partial charge in [-0.25, -0.2) is 0 Å². The third-order valence-corrected chi connectivity index (χ3v) is 4.98. The Bertz CT molecular complexity index is 849. The van der Waals surface area contributed by atoms with Crippen LogP contribution in [0.5, 0.6) is 11.5 Å². The number of hydrogen-bond donors (Lipinski definition) is 1. The van der Waals surface area contributed by atoms with Gasteiger partial charge in [0.15, 0.2) is 11.5 Å². The summed E-state index contributed by atoms with van der Waals surface area (Å²) in [6.07, 6.45) is 0.380. The lowest BCUT2D eigenvalue weighted by Gasteiger charge is -2.29. The minimum atomic E-state index is -0.0792. The van der Waals surface area contributed by atoms with Gasteiger partial charge >= 0.3 is 0 Å². The number of amides is 1. The molecule has 1 amide bonds. The van der Waals surface area contributed by atoms with Gasteiger partial charge in [0.1, 0.15) is 6.61 Å². The molecule has 28 heavy (non-hydrogen) atoms. The van der Waals surface area contributed by atoms with Crippen molar-refractivity contribution in [1.29, 1.82) is 0 Å². The molecule has 1 aliphatic rings. The highest BCUT2D eigenvalue weighted by Crippen LogP contribution is 2.44. The summed E-state index contributed by atoms with van der Waals surface area (Å²) in [4.78, 5) is 16.6. The largest absolute Gasteiger partial charge is 0.493 e. The monoisotopic (exact) mass is 383 g/mol. The van der Waals surface area contributed by atoms with Crippen LogP contribution in [0.2, 0.25) is 0 Å². The second kappa shape index (κ2) is 8.52. The Labute approximate surface area is 167 Å². The van der Waals surface area contributed by atoms with Gasteiger partial charge < -0.3 is 24.6 Å². The molecule has 0 radical (unpaired) electrons. The summed E-state index contributed by atoms with van der Waals surface area (Å²) in [5, 5.41) is 3.02. The van der Waals surface area contributed by atoms with Crippen molar-refractivity contribution < 1.29 is 14.3 Å². The van der Waals surface area contributed by atoms with Gasteiger partial charge in [0.25, 0.3) is 0 Å². The third-order valence-electron chi connectivity index (χ3n) is 4.98. The number of hydrogen-bond acceptors (Lipinski definition) is 5. The van der Waals surface area contributed by atoms with Gasteiger partial charge in [0.2, 0.25) is 5.91 Å². The summed E-state index contributed by atoms with van der Waals surface area (Å²) in [6.45, 7) is 1.34. The van der Waals surface area contributed by atoms with Crippen molar-refractivity contribution in [3.8, 4) is 11.5 Å². The van der Waals surface area contributed by atoms with Crippen molar-refractivity contribution in [3.05, 3.63) is 47.5 Å². The van der Waals surface area contributed by atoms with Crippen LogP contribution in [0.4, 0.5) is 11.4 Å². The quantitative estimate of drug-likeness (QED) is 0.796. The number of carbonyl (C=O) groups excluding carboxylic acids is 1. The zero-order chi connectivity index (χ0) is 20.3. The molecule has 1 heterocycles. The molecule has 1 unspecified atom stereocenters. The normalized spacial score (nSPS) is 15.8. The van der Waals surface area contributed by atoms with Crippen molar-refractivity contribution >= 4 is 17.3 Å². The van der Waals surface area contributed by atoms with E-state index in [-0.39, 0.29) is 11.8 Å². The molecule has 1 atom stereocenters. The average molecular weight is 383 g/mol. The molecule has 0 saturated heterocycles. The molecule has 0 aliphatic carbocycles. The zero-order valence-corrected chi connectivity index (χ0v) is 17.3. The molecule has 0 saturated carbocycles. The van der Waals surface area contributed by atoms with Gasteiger partial charge in [-0.05, 0) is 37.9 Å². The molecule has 2 aromatic carbocycles. The first-order valence-corrected chi connectivity index (χ1v) is 9.46. The Morgan fingerprint density at radius 2 is 1.89 bits per heavy atom. The number of ether oxygens (including phenoxy) is 2. The van der Waals surface area contributed by atoms with Gasteiger partial charge in [-0.15, -0.1) is 0 Å². The average Bonchev–Trinajstić information content (AvgIpc) is 2.66. The van der Waals surface area contributed by atoms with Crippen molar-refractivity contribution in [2.75, 3.05) is 58.7 Å². The van der Waals surface area contributed by atoms with E-state index in [0.717, 1.165) is 29.0 Å². The van der Waals surface area contributed by atoms with E-state index in [1.807, 2.05) is 57.4 Å². The number of methoxy groups -OCH3 is 1. The topological polar surface area (TPSA) is 54.0 Å². The minimum absolute atomic E-state index is 0.00969. The summed E-state index contributed by atoms with van der Waals surface area (Å²) in [5.74, 6) is 1.34. The number of para-hydroxylation sites is 1. The number of nitrogens with zero attached hydrogens (tertiary/aromatic N) is 2. The van der Waals surface area contributed by atoms with E-state index in [0.29, 0.717) is 24.5 Å². The maximum Gasteiger partial charge on any atom is 0.225 e.